The first-order chi connectivity index (χ1) is 10.5. The zero-order chi connectivity index (χ0) is 16.1. The normalized spacial score (nSPS) is 10.1. The highest BCUT2D eigenvalue weighted by atomic mass is 16.5. The largest absolute Gasteiger partial charge is 0.493 e. The molecule has 0 aromatic heterocycles. The molecular formula is C17H20N2O3. The number of ether oxygens (including phenoxy) is 2. The number of hydrogen-bond donors (Lipinski definition) is 2. The number of rotatable bonds is 5. The van der Waals surface area contributed by atoms with Gasteiger partial charge in [-0.25, -0.2) is 0 Å². The van der Waals surface area contributed by atoms with E-state index in [1.165, 1.54) is 0 Å². The van der Waals surface area contributed by atoms with E-state index in [2.05, 4.69) is 5.32 Å². The first kappa shape index (κ1) is 15.7. The predicted molar refractivity (Wildman–Crippen MR) is 87.4 cm³/mol. The van der Waals surface area contributed by atoms with Gasteiger partial charge in [0.05, 0.1) is 7.11 Å². The highest BCUT2D eigenvalue weighted by Crippen LogP contribution is 2.27. The van der Waals surface area contributed by atoms with Crippen molar-refractivity contribution < 1.29 is 14.3 Å². The van der Waals surface area contributed by atoms with Gasteiger partial charge in [-0.2, -0.15) is 0 Å². The summed E-state index contributed by atoms with van der Waals surface area (Å²) in [6, 6.07) is 10.9. The van der Waals surface area contributed by atoms with Gasteiger partial charge in [-0.05, 0) is 49.2 Å². The van der Waals surface area contributed by atoms with E-state index in [0.717, 1.165) is 11.1 Å². The first-order valence-electron chi connectivity index (χ1n) is 6.93. The molecule has 5 heteroatoms. The number of amides is 1. The average molecular weight is 300 g/mol. The Balaban J connectivity index is 2.00. The zero-order valence-electron chi connectivity index (χ0n) is 13.0. The van der Waals surface area contributed by atoms with Gasteiger partial charge < -0.3 is 20.5 Å². The molecule has 0 spiro atoms. The molecule has 116 valence electrons. The van der Waals surface area contributed by atoms with Crippen molar-refractivity contribution in [3.8, 4) is 11.5 Å². The molecule has 0 unspecified atom stereocenters. The number of hydrogen-bond acceptors (Lipinski definition) is 4. The standard InChI is InChI=1S/C17H20N2O3/c1-11-4-7-15(16(8-11)21-3)22-10-17(20)19-14-9-13(18)6-5-12(14)2/h4-9H,10,18H2,1-3H3,(H,19,20). The van der Waals surface area contributed by atoms with Crippen LogP contribution in [0.5, 0.6) is 11.5 Å². The van der Waals surface area contributed by atoms with Crippen LogP contribution in [0.4, 0.5) is 11.4 Å². The molecule has 2 aromatic rings. The third-order valence-electron chi connectivity index (χ3n) is 3.21. The topological polar surface area (TPSA) is 73.6 Å². The number of nitrogens with one attached hydrogen (secondary N) is 1. The molecule has 22 heavy (non-hydrogen) atoms. The summed E-state index contributed by atoms with van der Waals surface area (Å²) in [5.74, 6) is 0.886. The van der Waals surface area contributed by atoms with Crippen LogP contribution in [-0.2, 0) is 4.79 Å². The van der Waals surface area contributed by atoms with Gasteiger partial charge in [-0.15, -0.1) is 0 Å². The van der Waals surface area contributed by atoms with E-state index in [0.29, 0.717) is 22.9 Å². The number of aryl methyl sites for hydroxylation is 2. The van der Waals surface area contributed by atoms with Gasteiger partial charge in [0.1, 0.15) is 0 Å². The molecule has 0 saturated heterocycles. The molecule has 2 rings (SSSR count). The van der Waals surface area contributed by atoms with E-state index < -0.39 is 0 Å². The maximum atomic E-state index is 12.0. The smallest absolute Gasteiger partial charge is 0.262 e. The van der Waals surface area contributed by atoms with Crippen LogP contribution in [0.2, 0.25) is 0 Å². The van der Waals surface area contributed by atoms with Crippen molar-refractivity contribution in [3.05, 3.63) is 47.5 Å². The summed E-state index contributed by atoms with van der Waals surface area (Å²) in [5, 5.41) is 2.79. The molecule has 0 aliphatic rings. The van der Waals surface area contributed by atoms with Crippen LogP contribution in [0.1, 0.15) is 11.1 Å². The van der Waals surface area contributed by atoms with Crippen LogP contribution < -0.4 is 20.5 Å². The van der Waals surface area contributed by atoms with Gasteiger partial charge in [0.2, 0.25) is 0 Å². The van der Waals surface area contributed by atoms with Crippen LogP contribution in [0.15, 0.2) is 36.4 Å². The fourth-order valence-electron chi connectivity index (χ4n) is 2.00. The lowest BCUT2D eigenvalue weighted by Crippen LogP contribution is -2.21. The predicted octanol–water partition coefficient (Wildman–Crippen LogP) is 2.91. The molecule has 0 aliphatic carbocycles. The minimum absolute atomic E-state index is 0.104. The third-order valence-corrected chi connectivity index (χ3v) is 3.21. The molecular weight excluding hydrogens is 280 g/mol. The SMILES string of the molecule is COc1cc(C)ccc1OCC(=O)Nc1cc(N)ccc1C. The Labute approximate surface area is 130 Å². The fourth-order valence-corrected chi connectivity index (χ4v) is 2.00. The minimum Gasteiger partial charge on any atom is -0.493 e. The molecule has 0 saturated carbocycles. The Kier molecular flexibility index (Phi) is 4.88. The molecule has 0 fully saturated rings. The summed E-state index contributed by atoms with van der Waals surface area (Å²) in [6.07, 6.45) is 0. The minimum atomic E-state index is -0.253. The lowest BCUT2D eigenvalue weighted by molar-refractivity contribution is -0.118. The molecule has 2 aromatic carbocycles. The molecule has 1 amide bonds. The molecule has 3 N–H and O–H groups in total. The summed E-state index contributed by atoms with van der Waals surface area (Å²) in [5.41, 5.74) is 9.00. The first-order valence-corrected chi connectivity index (χ1v) is 6.93. The second kappa shape index (κ2) is 6.85. The average Bonchev–Trinajstić information content (AvgIpc) is 2.49. The Hall–Kier alpha value is -2.69. The quantitative estimate of drug-likeness (QED) is 0.833. The number of carbonyl (C=O) groups excluding carboxylic acids is 1. The maximum Gasteiger partial charge on any atom is 0.262 e. The van der Waals surface area contributed by atoms with E-state index in [4.69, 9.17) is 15.2 Å². The van der Waals surface area contributed by atoms with Crippen molar-refractivity contribution >= 4 is 17.3 Å². The summed E-state index contributed by atoms with van der Waals surface area (Å²) >= 11 is 0. The second-order valence-electron chi connectivity index (χ2n) is 5.07. The lowest BCUT2D eigenvalue weighted by Gasteiger charge is -2.12. The van der Waals surface area contributed by atoms with Crippen LogP contribution >= 0.6 is 0 Å². The van der Waals surface area contributed by atoms with Crippen molar-refractivity contribution in [1.82, 2.24) is 0 Å². The Morgan fingerprint density at radius 1 is 1.14 bits per heavy atom. The van der Waals surface area contributed by atoms with E-state index in [1.807, 2.05) is 32.0 Å². The van der Waals surface area contributed by atoms with E-state index >= 15 is 0 Å². The van der Waals surface area contributed by atoms with Crippen LogP contribution in [0.25, 0.3) is 0 Å². The maximum absolute atomic E-state index is 12.0. The fraction of sp³-hybridized carbons (Fsp3) is 0.235. The Morgan fingerprint density at radius 3 is 2.64 bits per heavy atom. The number of nitrogens with two attached hydrogens (primary N) is 1. The number of methoxy groups -OCH3 is 1. The molecule has 0 aliphatic heterocycles. The van der Waals surface area contributed by atoms with Crippen LogP contribution in [-0.4, -0.2) is 19.6 Å². The highest BCUT2D eigenvalue weighted by Gasteiger charge is 2.09. The summed E-state index contributed by atoms with van der Waals surface area (Å²) < 4.78 is 10.8. The van der Waals surface area contributed by atoms with E-state index in [9.17, 15) is 4.79 Å². The van der Waals surface area contributed by atoms with Gasteiger partial charge in [-0.3, -0.25) is 4.79 Å². The molecule has 0 heterocycles. The number of nitrogen functional groups attached to an aromatic ring is 1. The monoisotopic (exact) mass is 300 g/mol. The molecule has 0 radical (unpaired) electrons. The van der Waals surface area contributed by atoms with Crippen LogP contribution in [0, 0.1) is 13.8 Å². The van der Waals surface area contributed by atoms with Crippen molar-refractivity contribution in [3.63, 3.8) is 0 Å². The molecule has 5 nitrogen and oxygen atoms in total. The lowest BCUT2D eigenvalue weighted by atomic mass is 10.2. The molecule has 0 atom stereocenters. The second-order valence-corrected chi connectivity index (χ2v) is 5.07. The van der Waals surface area contributed by atoms with Crippen molar-refractivity contribution in [2.24, 2.45) is 0 Å². The van der Waals surface area contributed by atoms with Crippen molar-refractivity contribution in [1.29, 1.82) is 0 Å². The van der Waals surface area contributed by atoms with E-state index in [-0.39, 0.29) is 12.5 Å². The summed E-state index contributed by atoms with van der Waals surface area (Å²) in [7, 11) is 1.57. The number of carbonyl (C=O) groups is 1. The zero-order valence-corrected chi connectivity index (χ0v) is 13.0. The van der Waals surface area contributed by atoms with Gasteiger partial charge in [0.25, 0.3) is 5.91 Å². The molecule has 0 bridgehead atoms. The van der Waals surface area contributed by atoms with Gasteiger partial charge in [0, 0.05) is 11.4 Å². The Morgan fingerprint density at radius 2 is 1.91 bits per heavy atom. The van der Waals surface area contributed by atoms with Gasteiger partial charge in [-0.1, -0.05) is 12.1 Å². The highest BCUT2D eigenvalue weighted by molar-refractivity contribution is 5.93. The van der Waals surface area contributed by atoms with Crippen molar-refractivity contribution in [2.75, 3.05) is 24.8 Å². The van der Waals surface area contributed by atoms with Gasteiger partial charge in [0.15, 0.2) is 18.1 Å². The van der Waals surface area contributed by atoms with Crippen LogP contribution in [0.3, 0.4) is 0 Å². The third kappa shape index (κ3) is 3.91. The van der Waals surface area contributed by atoms with E-state index in [1.54, 1.807) is 25.3 Å². The van der Waals surface area contributed by atoms with Gasteiger partial charge >= 0.3 is 0 Å². The summed E-state index contributed by atoms with van der Waals surface area (Å²) in [6.45, 7) is 3.76. The number of anilines is 2. The van der Waals surface area contributed by atoms with Crippen molar-refractivity contribution in [2.45, 2.75) is 13.8 Å². The number of benzene rings is 2. The summed E-state index contributed by atoms with van der Waals surface area (Å²) in [4.78, 5) is 12.0. The Bertz CT molecular complexity index is 684.